The lowest BCUT2D eigenvalue weighted by Crippen LogP contribution is -2.23. The summed E-state index contributed by atoms with van der Waals surface area (Å²) in [6, 6.07) is 8.76. The highest BCUT2D eigenvalue weighted by molar-refractivity contribution is 5.82. The van der Waals surface area contributed by atoms with Crippen LogP contribution in [0.4, 0.5) is 0 Å². The Labute approximate surface area is 132 Å². The first kappa shape index (κ1) is 17.0. The van der Waals surface area contributed by atoms with Gasteiger partial charge >= 0.3 is 0 Å². The minimum Gasteiger partial charge on any atom is -0.396 e. The van der Waals surface area contributed by atoms with Crippen molar-refractivity contribution in [2.24, 2.45) is 0 Å². The van der Waals surface area contributed by atoms with Crippen molar-refractivity contribution < 1.29 is 10.2 Å². The highest BCUT2D eigenvalue weighted by Crippen LogP contribution is 2.32. The fourth-order valence-electron chi connectivity index (χ4n) is 3.05. The first-order valence-electron chi connectivity index (χ1n) is 8.02. The first-order chi connectivity index (χ1) is 10.5. The highest BCUT2D eigenvalue weighted by atomic mass is 16.3. The maximum Gasteiger partial charge on any atom is 0.0610 e. The first-order valence-corrected chi connectivity index (χ1v) is 8.02. The maximum atomic E-state index is 9.41. The lowest BCUT2D eigenvalue weighted by Gasteiger charge is -2.26. The van der Waals surface area contributed by atoms with E-state index in [1.54, 1.807) is 0 Å². The quantitative estimate of drug-likeness (QED) is 0.699. The second-order valence-electron chi connectivity index (χ2n) is 6.51. The lowest BCUT2D eigenvalue weighted by molar-refractivity contribution is 0.242. The van der Waals surface area contributed by atoms with Crippen molar-refractivity contribution in [1.82, 2.24) is 9.88 Å². The van der Waals surface area contributed by atoms with Crippen LogP contribution in [-0.2, 0) is 18.4 Å². The third-order valence-corrected chi connectivity index (χ3v) is 4.38. The molecule has 0 spiro atoms. The Balaban J connectivity index is 2.48. The van der Waals surface area contributed by atoms with Gasteiger partial charge in [0.2, 0.25) is 0 Å². The number of aliphatic hydroxyl groups is 2. The molecule has 0 aliphatic carbocycles. The fourth-order valence-corrected chi connectivity index (χ4v) is 3.05. The maximum absolute atomic E-state index is 9.41. The molecule has 0 unspecified atom stereocenters. The molecule has 0 atom stereocenters. The van der Waals surface area contributed by atoms with E-state index in [2.05, 4.69) is 48.0 Å². The zero-order valence-electron chi connectivity index (χ0n) is 13.9. The van der Waals surface area contributed by atoms with E-state index in [1.807, 2.05) is 7.05 Å². The molecule has 0 radical (unpaired) electrons. The molecule has 1 aromatic carbocycles. The second-order valence-corrected chi connectivity index (χ2v) is 6.51. The molecule has 4 heteroatoms. The Morgan fingerprint density at radius 3 is 2.55 bits per heavy atom. The Kier molecular flexibility index (Phi) is 5.62. The average Bonchev–Trinajstić information content (AvgIpc) is 2.84. The highest BCUT2D eigenvalue weighted by Gasteiger charge is 2.25. The van der Waals surface area contributed by atoms with Gasteiger partial charge < -0.3 is 20.1 Å². The third kappa shape index (κ3) is 3.51. The molecule has 0 fully saturated rings. The Morgan fingerprint density at radius 1 is 1.14 bits per heavy atom. The lowest BCUT2D eigenvalue weighted by atomic mass is 9.85. The van der Waals surface area contributed by atoms with E-state index < -0.39 is 0 Å². The van der Waals surface area contributed by atoms with Gasteiger partial charge in [-0.15, -0.1) is 0 Å². The molecule has 4 nitrogen and oxygen atoms in total. The molecule has 1 aromatic heterocycles. The summed E-state index contributed by atoms with van der Waals surface area (Å²) in [6.07, 6.45) is 1.72. The van der Waals surface area contributed by atoms with Gasteiger partial charge in [0.1, 0.15) is 0 Å². The Hall–Kier alpha value is -1.36. The van der Waals surface area contributed by atoms with Crippen molar-refractivity contribution in [3.63, 3.8) is 0 Å². The summed E-state index contributed by atoms with van der Waals surface area (Å²) in [5.74, 6) is 0. The number of benzene rings is 1. The van der Waals surface area contributed by atoms with Crippen molar-refractivity contribution in [1.29, 1.82) is 0 Å². The number of nitrogens with zero attached hydrogens (tertiary/aromatic N) is 1. The number of hydrogen-bond acceptors (Lipinski definition) is 3. The van der Waals surface area contributed by atoms with E-state index in [-0.39, 0.29) is 18.6 Å². The predicted molar refractivity (Wildman–Crippen MR) is 91.4 cm³/mol. The minimum absolute atomic E-state index is 0.117. The molecule has 122 valence electrons. The number of hydrogen-bond donors (Lipinski definition) is 3. The normalized spacial score (nSPS) is 12.2. The van der Waals surface area contributed by atoms with Gasteiger partial charge in [-0.05, 0) is 50.2 Å². The largest absolute Gasteiger partial charge is 0.396 e. The van der Waals surface area contributed by atoms with Gasteiger partial charge in [-0.1, -0.05) is 19.9 Å². The van der Waals surface area contributed by atoms with E-state index in [9.17, 15) is 10.2 Å². The Bertz CT molecular complexity index is 617. The summed E-state index contributed by atoms with van der Waals surface area (Å²) >= 11 is 0. The van der Waals surface area contributed by atoms with Crippen molar-refractivity contribution in [2.45, 2.75) is 38.6 Å². The number of rotatable bonds is 8. The molecule has 0 aliphatic heterocycles. The molecule has 1 heterocycles. The number of nitrogens with one attached hydrogen (secondary N) is 1. The molecule has 0 saturated heterocycles. The van der Waals surface area contributed by atoms with E-state index in [4.69, 9.17) is 0 Å². The number of likely N-dealkylation sites (N-methyl/N-ethyl adjacent to an activating group) is 1. The van der Waals surface area contributed by atoms with E-state index in [1.165, 1.54) is 16.6 Å². The molecule has 0 bridgehead atoms. The fraction of sp³-hybridized carbons (Fsp3) is 0.556. The molecule has 0 amide bonds. The summed E-state index contributed by atoms with van der Waals surface area (Å²) in [5.41, 5.74) is 3.53. The van der Waals surface area contributed by atoms with Crippen molar-refractivity contribution >= 4 is 10.9 Å². The zero-order chi connectivity index (χ0) is 16.2. The smallest absolute Gasteiger partial charge is 0.0610 e. The van der Waals surface area contributed by atoms with Crippen LogP contribution in [0.15, 0.2) is 24.3 Å². The van der Waals surface area contributed by atoms with Crippen LogP contribution < -0.4 is 5.32 Å². The number of aromatic nitrogens is 1. The third-order valence-electron chi connectivity index (χ3n) is 4.38. The van der Waals surface area contributed by atoms with Gasteiger partial charge in [-0.2, -0.15) is 0 Å². The van der Waals surface area contributed by atoms with Crippen LogP contribution in [0.25, 0.3) is 10.9 Å². The molecule has 2 rings (SSSR count). The van der Waals surface area contributed by atoms with E-state index in [0.717, 1.165) is 18.5 Å². The summed E-state index contributed by atoms with van der Waals surface area (Å²) < 4.78 is 2.19. The van der Waals surface area contributed by atoms with Gasteiger partial charge in [0.15, 0.2) is 0 Å². The monoisotopic (exact) mass is 304 g/mol. The molecule has 2 aromatic rings. The van der Waals surface area contributed by atoms with Gasteiger partial charge in [0, 0.05) is 35.2 Å². The molecule has 0 saturated carbocycles. The summed E-state index contributed by atoms with van der Waals surface area (Å²) in [5, 5.41) is 23.1. The molecule has 0 aliphatic rings. The number of fused-ring (bicyclic) bond motifs is 1. The molecular formula is C18H28N2O2. The summed E-state index contributed by atoms with van der Waals surface area (Å²) in [4.78, 5) is 0. The molecule has 22 heavy (non-hydrogen) atoms. The summed E-state index contributed by atoms with van der Waals surface area (Å²) in [7, 11) is 1.96. The van der Waals surface area contributed by atoms with Crippen LogP contribution in [0.3, 0.4) is 0 Å². The molecular weight excluding hydrogens is 276 g/mol. The van der Waals surface area contributed by atoms with Crippen LogP contribution in [0.5, 0.6) is 0 Å². The van der Waals surface area contributed by atoms with Gasteiger partial charge in [-0.3, -0.25) is 0 Å². The zero-order valence-corrected chi connectivity index (χ0v) is 13.9. The standard InChI is InChI=1S/C18H28N2O2/c1-18(2,7-10-21)17-13-15-12-14(6-8-19-3)4-5-16(15)20(17)9-11-22/h4-5,12-13,19,21-22H,6-11H2,1-3H3. The van der Waals surface area contributed by atoms with Gasteiger partial charge in [0.05, 0.1) is 6.61 Å². The van der Waals surface area contributed by atoms with Gasteiger partial charge in [-0.25, -0.2) is 0 Å². The predicted octanol–water partition coefficient (Wildman–Crippen LogP) is 2.06. The van der Waals surface area contributed by atoms with Crippen LogP contribution in [0.2, 0.25) is 0 Å². The second kappa shape index (κ2) is 7.27. The minimum atomic E-state index is -0.117. The summed E-state index contributed by atoms with van der Waals surface area (Å²) in [6.45, 7) is 6.13. The Morgan fingerprint density at radius 2 is 1.91 bits per heavy atom. The SMILES string of the molecule is CNCCc1ccc2c(c1)cc(C(C)(C)CCO)n2CCO. The van der Waals surface area contributed by atoms with Crippen LogP contribution in [0, 0.1) is 0 Å². The van der Waals surface area contributed by atoms with Crippen LogP contribution in [-0.4, -0.2) is 41.6 Å². The van der Waals surface area contributed by atoms with Crippen molar-refractivity contribution in [3.8, 4) is 0 Å². The van der Waals surface area contributed by atoms with Crippen molar-refractivity contribution in [2.75, 3.05) is 26.8 Å². The number of aliphatic hydroxyl groups excluding tert-OH is 2. The van der Waals surface area contributed by atoms with Crippen molar-refractivity contribution in [3.05, 3.63) is 35.5 Å². The van der Waals surface area contributed by atoms with E-state index in [0.29, 0.717) is 13.0 Å². The van der Waals surface area contributed by atoms with Gasteiger partial charge in [0.25, 0.3) is 0 Å². The molecule has 3 N–H and O–H groups in total. The average molecular weight is 304 g/mol. The van der Waals surface area contributed by atoms with Crippen LogP contribution >= 0.6 is 0 Å². The van der Waals surface area contributed by atoms with Crippen LogP contribution in [0.1, 0.15) is 31.5 Å². The van der Waals surface area contributed by atoms with E-state index >= 15 is 0 Å². The topological polar surface area (TPSA) is 57.4 Å².